The third-order valence-electron chi connectivity index (χ3n) is 5.26. The SMILES string of the molecule is O=c1cc(N2CCC(c3ccccc3)CC2)ccn1CC1CC1. The summed E-state index contributed by atoms with van der Waals surface area (Å²) < 4.78 is 1.87. The van der Waals surface area contributed by atoms with Gasteiger partial charge in [0.25, 0.3) is 5.56 Å². The summed E-state index contributed by atoms with van der Waals surface area (Å²) in [6.45, 7) is 2.96. The van der Waals surface area contributed by atoms with Crippen molar-refractivity contribution in [3.05, 3.63) is 64.6 Å². The van der Waals surface area contributed by atoms with E-state index in [4.69, 9.17) is 0 Å². The highest BCUT2D eigenvalue weighted by Gasteiger charge is 2.23. The highest BCUT2D eigenvalue weighted by molar-refractivity contribution is 5.45. The van der Waals surface area contributed by atoms with E-state index in [2.05, 4.69) is 41.3 Å². The molecule has 0 atom stereocenters. The average molecular weight is 308 g/mol. The van der Waals surface area contributed by atoms with Crippen LogP contribution in [0.25, 0.3) is 0 Å². The first-order valence-electron chi connectivity index (χ1n) is 8.80. The molecule has 120 valence electrons. The molecular weight excluding hydrogens is 284 g/mol. The molecule has 0 unspecified atom stereocenters. The fourth-order valence-corrected chi connectivity index (χ4v) is 3.62. The number of nitrogens with zero attached hydrogens (tertiary/aromatic N) is 2. The second-order valence-electron chi connectivity index (χ2n) is 6.99. The highest BCUT2D eigenvalue weighted by atomic mass is 16.1. The van der Waals surface area contributed by atoms with Crippen LogP contribution >= 0.6 is 0 Å². The fraction of sp³-hybridized carbons (Fsp3) is 0.450. The fourth-order valence-electron chi connectivity index (χ4n) is 3.62. The first kappa shape index (κ1) is 14.6. The maximum absolute atomic E-state index is 12.3. The number of benzene rings is 1. The van der Waals surface area contributed by atoms with Crippen LogP contribution in [0.1, 0.15) is 37.2 Å². The van der Waals surface area contributed by atoms with Gasteiger partial charge in [0.15, 0.2) is 0 Å². The van der Waals surface area contributed by atoms with Gasteiger partial charge in [-0.25, -0.2) is 0 Å². The number of anilines is 1. The smallest absolute Gasteiger partial charge is 0.252 e. The lowest BCUT2D eigenvalue weighted by molar-refractivity contribution is 0.504. The molecule has 1 saturated carbocycles. The quantitative estimate of drug-likeness (QED) is 0.861. The predicted octanol–water partition coefficient (Wildman–Crippen LogP) is 3.64. The maximum atomic E-state index is 12.3. The molecule has 3 heteroatoms. The van der Waals surface area contributed by atoms with Crippen molar-refractivity contribution >= 4 is 5.69 Å². The molecule has 1 saturated heterocycles. The summed E-state index contributed by atoms with van der Waals surface area (Å²) in [5, 5.41) is 0. The number of hydrogen-bond acceptors (Lipinski definition) is 2. The molecule has 2 fully saturated rings. The Bertz CT molecular complexity index is 710. The molecule has 2 heterocycles. The van der Waals surface area contributed by atoms with Gasteiger partial charge >= 0.3 is 0 Å². The van der Waals surface area contributed by atoms with Gasteiger partial charge in [-0.2, -0.15) is 0 Å². The lowest BCUT2D eigenvalue weighted by Crippen LogP contribution is -2.34. The van der Waals surface area contributed by atoms with Crippen LogP contribution in [-0.4, -0.2) is 17.7 Å². The normalized spacial score (nSPS) is 19.0. The standard InChI is InChI=1S/C20H24N2O/c23-20-14-19(10-13-22(20)15-16-6-7-16)21-11-8-18(9-12-21)17-4-2-1-3-5-17/h1-5,10,13-14,16,18H,6-9,11-12,15H2. The summed E-state index contributed by atoms with van der Waals surface area (Å²) in [7, 11) is 0. The van der Waals surface area contributed by atoms with Crippen LogP contribution in [0.3, 0.4) is 0 Å². The molecule has 2 aliphatic rings. The summed E-state index contributed by atoms with van der Waals surface area (Å²) in [5.41, 5.74) is 2.69. The summed E-state index contributed by atoms with van der Waals surface area (Å²) in [6.07, 6.45) is 6.87. The second-order valence-corrected chi connectivity index (χ2v) is 6.99. The topological polar surface area (TPSA) is 25.2 Å². The lowest BCUT2D eigenvalue weighted by atomic mass is 9.89. The van der Waals surface area contributed by atoms with E-state index >= 15 is 0 Å². The van der Waals surface area contributed by atoms with Crippen LogP contribution in [0.5, 0.6) is 0 Å². The monoisotopic (exact) mass is 308 g/mol. The molecule has 1 aromatic carbocycles. The zero-order chi connectivity index (χ0) is 15.6. The van der Waals surface area contributed by atoms with E-state index < -0.39 is 0 Å². The van der Waals surface area contributed by atoms with Gasteiger partial charge in [0.2, 0.25) is 0 Å². The van der Waals surface area contributed by atoms with Crippen LogP contribution in [0.15, 0.2) is 53.5 Å². The van der Waals surface area contributed by atoms with Gasteiger partial charge in [0.1, 0.15) is 0 Å². The van der Waals surface area contributed by atoms with Crippen molar-refractivity contribution in [3.63, 3.8) is 0 Å². The van der Waals surface area contributed by atoms with E-state index in [9.17, 15) is 4.79 Å². The summed E-state index contributed by atoms with van der Waals surface area (Å²) in [5.74, 6) is 1.39. The Kier molecular flexibility index (Phi) is 3.94. The van der Waals surface area contributed by atoms with Crippen LogP contribution < -0.4 is 10.5 Å². The third kappa shape index (κ3) is 3.34. The van der Waals surface area contributed by atoms with Gasteiger partial charge in [-0.15, -0.1) is 0 Å². The molecule has 1 aliphatic carbocycles. The molecule has 1 aliphatic heterocycles. The minimum absolute atomic E-state index is 0.152. The van der Waals surface area contributed by atoms with Gasteiger partial charge < -0.3 is 9.47 Å². The van der Waals surface area contributed by atoms with E-state index in [1.165, 1.54) is 18.4 Å². The minimum atomic E-state index is 0.152. The maximum Gasteiger partial charge on any atom is 0.252 e. The Hall–Kier alpha value is -2.03. The summed E-state index contributed by atoms with van der Waals surface area (Å²) in [4.78, 5) is 14.6. The van der Waals surface area contributed by atoms with Crippen molar-refractivity contribution in [1.82, 2.24) is 4.57 Å². The van der Waals surface area contributed by atoms with Crippen LogP contribution in [0.4, 0.5) is 5.69 Å². The zero-order valence-electron chi connectivity index (χ0n) is 13.5. The van der Waals surface area contributed by atoms with Crippen LogP contribution in [0.2, 0.25) is 0 Å². The van der Waals surface area contributed by atoms with Gasteiger partial charge in [-0.05, 0) is 49.1 Å². The Labute approximate surface area is 137 Å². The molecule has 0 N–H and O–H groups in total. The van der Waals surface area contributed by atoms with Crippen molar-refractivity contribution < 1.29 is 0 Å². The number of rotatable bonds is 4. The number of hydrogen-bond donors (Lipinski definition) is 0. The zero-order valence-corrected chi connectivity index (χ0v) is 13.5. The molecule has 3 nitrogen and oxygen atoms in total. The third-order valence-corrected chi connectivity index (χ3v) is 5.26. The predicted molar refractivity (Wildman–Crippen MR) is 94.1 cm³/mol. The van der Waals surface area contributed by atoms with Crippen molar-refractivity contribution in [2.75, 3.05) is 18.0 Å². The van der Waals surface area contributed by atoms with Crippen LogP contribution in [0, 0.1) is 5.92 Å². The lowest BCUT2D eigenvalue weighted by Gasteiger charge is -2.33. The Balaban J connectivity index is 1.42. The molecule has 23 heavy (non-hydrogen) atoms. The molecule has 0 amide bonds. The molecule has 0 spiro atoms. The Morgan fingerprint density at radius 3 is 2.35 bits per heavy atom. The number of pyridine rings is 1. The molecular formula is C20H24N2O. The first-order valence-corrected chi connectivity index (χ1v) is 8.80. The van der Waals surface area contributed by atoms with Crippen molar-refractivity contribution in [2.24, 2.45) is 5.92 Å². The first-order chi connectivity index (χ1) is 11.3. The van der Waals surface area contributed by atoms with Gasteiger partial charge in [0.05, 0.1) is 0 Å². The van der Waals surface area contributed by atoms with E-state index in [0.717, 1.165) is 44.1 Å². The van der Waals surface area contributed by atoms with Crippen molar-refractivity contribution in [2.45, 2.75) is 38.1 Å². The number of aromatic nitrogens is 1. The number of piperidine rings is 1. The van der Waals surface area contributed by atoms with Gasteiger partial charge in [-0.1, -0.05) is 30.3 Å². The highest BCUT2D eigenvalue weighted by Crippen LogP contribution is 2.31. The molecule has 2 aromatic rings. The second kappa shape index (κ2) is 6.23. The summed E-state index contributed by atoms with van der Waals surface area (Å²) in [6, 6.07) is 14.7. The molecule has 0 radical (unpaired) electrons. The Morgan fingerprint density at radius 2 is 1.70 bits per heavy atom. The molecule has 4 rings (SSSR count). The van der Waals surface area contributed by atoms with E-state index in [1.807, 2.05) is 16.8 Å². The van der Waals surface area contributed by atoms with E-state index in [1.54, 1.807) is 0 Å². The van der Waals surface area contributed by atoms with Crippen LogP contribution in [-0.2, 0) is 6.54 Å². The van der Waals surface area contributed by atoms with Crippen molar-refractivity contribution in [1.29, 1.82) is 0 Å². The molecule has 1 aromatic heterocycles. The van der Waals surface area contributed by atoms with Gasteiger partial charge in [0, 0.05) is 37.6 Å². The molecule has 0 bridgehead atoms. The van der Waals surface area contributed by atoms with E-state index in [-0.39, 0.29) is 5.56 Å². The Morgan fingerprint density at radius 1 is 0.957 bits per heavy atom. The minimum Gasteiger partial charge on any atom is -0.371 e. The van der Waals surface area contributed by atoms with Crippen molar-refractivity contribution in [3.8, 4) is 0 Å². The van der Waals surface area contributed by atoms with E-state index in [0.29, 0.717) is 5.92 Å². The largest absolute Gasteiger partial charge is 0.371 e. The summed E-state index contributed by atoms with van der Waals surface area (Å²) >= 11 is 0. The van der Waals surface area contributed by atoms with Gasteiger partial charge in [-0.3, -0.25) is 4.79 Å². The average Bonchev–Trinajstić information content (AvgIpc) is 3.42.